The van der Waals surface area contributed by atoms with Crippen LogP contribution in [-0.4, -0.2) is 26.4 Å². The summed E-state index contributed by atoms with van der Waals surface area (Å²) in [7, 11) is -1.60. The summed E-state index contributed by atoms with van der Waals surface area (Å²) >= 11 is 0. The third-order valence-corrected chi connectivity index (χ3v) is 10.6. The van der Waals surface area contributed by atoms with E-state index in [0.29, 0.717) is 5.82 Å². The van der Waals surface area contributed by atoms with Gasteiger partial charge in [0.25, 0.3) is 0 Å². The minimum Gasteiger partial charge on any atom is -0.403 e. The summed E-state index contributed by atoms with van der Waals surface area (Å²) in [6.07, 6.45) is 6.82. The van der Waals surface area contributed by atoms with E-state index in [1.807, 2.05) is 0 Å². The zero-order chi connectivity index (χ0) is 19.0. The Bertz CT molecular complexity index is 577. The second-order valence-electron chi connectivity index (χ2n) is 10.1. The molecule has 0 spiro atoms. The molecule has 0 N–H and O–H groups in total. The molecule has 2 nitrogen and oxygen atoms in total. The van der Waals surface area contributed by atoms with Crippen molar-refractivity contribution in [2.45, 2.75) is 96.0 Å². The molecule has 0 radical (unpaired) electrons. The van der Waals surface area contributed by atoms with Crippen molar-refractivity contribution < 1.29 is 9.31 Å². The lowest BCUT2D eigenvalue weighted by molar-refractivity contribution is 0.00578. The Balaban J connectivity index is 1.85. The van der Waals surface area contributed by atoms with Crippen molar-refractivity contribution in [2.75, 3.05) is 0 Å². The predicted molar refractivity (Wildman–Crippen MR) is 115 cm³/mol. The van der Waals surface area contributed by atoms with Crippen LogP contribution < -0.4 is 5.19 Å². The molecule has 2 fully saturated rings. The number of hydrogen-bond donors (Lipinski definition) is 0. The van der Waals surface area contributed by atoms with Crippen LogP contribution in [-0.2, 0) is 9.31 Å². The molecule has 1 aliphatic carbocycles. The molecule has 26 heavy (non-hydrogen) atoms. The van der Waals surface area contributed by atoms with Crippen molar-refractivity contribution in [3.05, 3.63) is 30.3 Å². The van der Waals surface area contributed by atoms with E-state index in [1.165, 1.54) is 38.1 Å². The lowest BCUT2D eigenvalue weighted by Gasteiger charge is -2.36. The summed E-state index contributed by atoms with van der Waals surface area (Å²) in [4.78, 5) is 0. The third-order valence-electron chi connectivity index (χ3n) is 7.18. The molecule has 0 amide bonds. The number of rotatable bonds is 5. The average Bonchev–Trinajstić information content (AvgIpc) is 2.82. The normalized spacial score (nSPS) is 24.6. The van der Waals surface area contributed by atoms with Crippen LogP contribution in [0.4, 0.5) is 0 Å². The highest BCUT2D eigenvalue weighted by Crippen LogP contribution is 2.47. The van der Waals surface area contributed by atoms with Crippen LogP contribution in [0.1, 0.15) is 59.8 Å². The number of benzene rings is 1. The quantitative estimate of drug-likeness (QED) is 0.622. The summed E-state index contributed by atoms with van der Waals surface area (Å²) in [5.74, 6) is 1.26. The van der Waals surface area contributed by atoms with Gasteiger partial charge >= 0.3 is 7.12 Å². The predicted octanol–water partition coefficient (Wildman–Crippen LogP) is 5.64. The highest BCUT2D eigenvalue weighted by molar-refractivity contribution is 6.90. The van der Waals surface area contributed by atoms with Gasteiger partial charge in [-0.25, -0.2) is 0 Å². The molecule has 0 bridgehead atoms. The van der Waals surface area contributed by atoms with Crippen LogP contribution in [0.3, 0.4) is 0 Å². The standard InChI is InChI=1S/C22H37BO2Si/c1-21(2)22(3,4)25-23(24-21)20(18-13-9-7-10-14-18)17-26(5,6)19-15-11-8-12-16-19/h8,11-12,15-16,18,20H,7,9-10,13-14,17H2,1-6H3/t20-/m0/s1. The van der Waals surface area contributed by atoms with E-state index < -0.39 is 8.07 Å². The monoisotopic (exact) mass is 372 g/mol. The van der Waals surface area contributed by atoms with Crippen LogP contribution in [0.15, 0.2) is 30.3 Å². The summed E-state index contributed by atoms with van der Waals surface area (Å²) in [6, 6.07) is 12.4. The minimum atomic E-state index is -1.55. The first kappa shape index (κ1) is 20.2. The topological polar surface area (TPSA) is 18.5 Å². The first-order valence-corrected chi connectivity index (χ1v) is 13.7. The molecule has 1 atom stereocenters. The van der Waals surface area contributed by atoms with E-state index >= 15 is 0 Å². The maximum absolute atomic E-state index is 6.56. The lowest BCUT2D eigenvalue weighted by Crippen LogP contribution is -2.46. The van der Waals surface area contributed by atoms with Gasteiger partial charge in [0.2, 0.25) is 0 Å². The van der Waals surface area contributed by atoms with Crippen molar-refractivity contribution in [2.24, 2.45) is 5.92 Å². The zero-order valence-electron chi connectivity index (χ0n) is 17.7. The Hall–Kier alpha value is -0.578. The SMILES string of the molecule is CC1(C)OB([C@@H](C[Si](C)(C)c2ccccc2)C2CCCCC2)OC1(C)C. The molecular weight excluding hydrogens is 335 g/mol. The largest absolute Gasteiger partial charge is 0.461 e. The Morgan fingerprint density at radius 2 is 1.50 bits per heavy atom. The fourth-order valence-corrected chi connectivity index (χ4v) is 7.74. The van der Waals surface area contributed by atoms with Gasteiger partial charge < -0.3 is 9.31 Å². The van der Waals surface area contributed by atoms with Crippen molar-refractivity contribution in [1.82, 2.24) is 0 Å². The Morgan fingerprint density at radius 1 is 0.962 bits per heavy atom. The molecular formula is C22H37BO2Si. The first-order chi connectivity index (χ1) is 12.1. The molecule has 2 aliphatic rings. The van der Waals surface area contributed by atoms with Crippen molar-refractivity contribution >= 4 is 20.4 Å². The maximum Gasteiger partial charge on any atom is 0.461 e. The third kappa shape index (κ3) is 4.13. The van der Waals surface area contributed by atoms with E-state index in [9.17, 15) is 0 Å². The first-order valence-electron chi connectivity index (χ1n) is 10.5. The van der Waals surface area contributed by atoms with Gasteiger partial charge in [0.1, 0.15) is 0 Å². The van der Waals surface area contributed by atoms with Crippen LogP contribution in [0.2, 0.25) is 25.0 Å². The van der Waals surface area contributed by atoms with E-state index in [-0.39, 0.29) is 18.3 Å². The number of hydrogen-bond acceptors (Lipinski definition) is 2. The Labute approximate surface area is 162 Å². The summed E-state index contributed by atoms with van der Waals surface area (Å²) in [6.45, 7) is 13.8. The Morgan fingerprint density at radius 3 is 2.04 bits per heavy atom. The minimum absolute atomic E-state index is 0.0569. The van der Waals surface area contributed by atoms with Gasteiger partial charge in [-0.05, 0) is 39.4 Å². The van der Waals surface area contributed by atoms with Gasteiger partial charge in [-0.1, -0.05) is 86.8 Å². The highest BCUT2D eigenvalue weighted by Gasteiger charge is 2.55. The molecule has 1 saturated heterocycles. The molecule has 4 heteroatoms. The summed E-state index contributed by atoms with van der Waals surface area (Å²) in [5.41, 5.74) is -0.466. The van der Waals surface area contributed by atoms with E-state index in [1.54, 1.807) is 5.19 Å². The molecule has 0 aromatic heterocycles. The lowest BCUT2D eigenvalue weighted by atomic mass is 9.62. The van der Waals surface area contributed by atoms with Gasteiger partial charge in [0, 0.05) is 0 Å². The van der Waals surface area contributed by atoms with Gasteiger partial charge in [-0.15, -0.1) is 0 Å². The van der Waals surface area contributed by atoms with Gasteiger partial charge in [-0.3, -0.25) is 0 Å². The van der Waals surface area contributed by atoms with Gasteiger partial charge in [0.05, 0.1) is 19.3 Å². The van der Waals surface area contributed by atoms with Crippen molar-refractivity contribution in [1.29, 1.82) is 0 Å². The second-order valence-corrected chi connectivity index (χ2v) is 14.9. The molecule has 1 saturated carbocycles. The molecule has 1 aromatic rings. The fraction of sp³-hybridized carbons (Fsp3) is 0.727. The molecule has 1 aromatic carbocycles. The highest BCUT2D eigenvalue weighted by atomic mass is 28.3. The van der Waals surface area contributed by atoms with Crippen LogP contribution in [0.25, 0.3) is 0 Å². The van der Waals surface area contributed by atoms with E-state index in [0.717, 1.165) is 5.92 Å². The fourth-order valence-electron chi connectivity index (χ4n) is 4.71. The van der Waals surface area contributed by atoms with Crippen molar-refractivity contribution in [3.63, 3.8) is 0 Å². The smallest absolute Gasteiger partial charge is 0.403 e. The molecule has 144 valence electrons. The molecule has 1 heterocycles. The summed E-state index contributed by atoms with van der Waals surface area (Å²) in [5, 5.41) is 1.55. The second kappa shape index (κ2) is 7.44. The maximum atomic E-state index is 6.56. The van der Waals surface area contributed by atoms with Crippen molar-refractivity contribution in [3.8, 4) is 0 Å². The average molecular weight is 372 g/mol. The van der Waals surface area contributed by atoms with Crippen LogP contribution in [0, 0.1) is 5.92 Å². The van der Waals surface area contributed by atoms with Crippen LogP contribution >= 0.6 is 0 Å². The summed E-state index contributed by atoms with van der Waals surface area (Å²) < 4.78 is 13.1. The van der Waals surface area contributed by atoms with Gasteiger partial charge in [0.15, 0.2) is 0 Å². The van der Waals surface area contributed by atoms with E-state index in [2.05, 4.69) is 71.1 Å². The molecule has 0 unspecified atom stereocenters. The Kier molecular flexibility index (Phi) is 5.77. The molecule has 1 aliphatic heterocycles. The van der Waals surface area contributed by atoms with E-state index in [4.69, 9.17) is 9.31 Å². The zero-order valence-corrected chi connectivity index (χ0v) is 18.7. The van der Waals surface area contributed by atoms with Gasteiger partial charge in [-0.2, -0.15) is 0 Å². The van der Waals surface area contributed by atoms with Crippen LogP contribution in [0.5, 0.6) is 0 Å². The molecule has 3 rings (SSSR count).